The first-order chi connectivity index (χ1) is 12.5. The number of imidazole rings is 1. The second-order valence-electron chi connectivity index (χ2n) is 5.64. The molecule has 1 aromatic carbocycles. The smallest absolute Gasteiger partial charge is 0.250 e. The van der Waals surface area contributed by atoms with Crippen LogP contribution in [-0.4, -0.2) is 37.6 Å². The summed E-state index contributed by atoms with van der Waals surface area (Å²) in [5.41, 5.74) is 8.64. The van der Waals surface area contributed by atoms with E-state index in [0.717, 1.165) is 0 Å². The molecular formula is C17H13ClN6O2. The van der Waals surface area contributed by atoms with Gasteiger partial charge in [-0.05, 0) is 31.2 Å². The van der Waals surface area contributed by atoms with Crippen molar-refractivity contribution in [2.24, 2.45) is 5.73 Å². The monoisotopic (exact) mass is 368 g/mol. The zero-order chi connectivity index (χ0) is 18.4. The highest BCUT2D eigenvalue weighted by Gasteiger charge is 2.18. The number of halogens is 1. The molecule has 0 aliphatic carbocycles. The van der Waals surface area contributed by atoms with Crippen LogP contribution >= 0.6 is 11.6 Å². The van der Waals surface area contributed by atoms with Crippen LogP contribution in [-0.2, 0) is 0 Å². The van der Waals surface area contributed by atoms with E-state index in [-0.39, 0.29) is 10.6 Å². The minimum absolute atomic E-state index is 0.218. The number of fused-ring (bicyclic) bond motifs is 3. The highest BCUT2D eigenvalue weighted by atomic mass is 35.5. The van der Waals surface area contributed by atoms with Gasteiger partial charge >= 0.3 is 0 Å². The van der Waals surface area contributed by atoms with Gasteiger partial charge in [-0.2, -0.15) is 4.98 Å². The van der Waals surface area contributed by atoms with E-state index in [0.29, 0.717) is 39.8 Å². The molecule has 0 radical (unpaired) electrons. The molecule has 1 amide bonds. The highest BCUT2D eigenvalue weighted by molar-refractivity contribution is 6.33. The molecule has 9 heteroatoms. The number of hydrogen-bond acceptors (Lipinski definition) is 6. The Kier molecular flexibility index (Phi) is 3.69. The number of carbonyl (C=O) groups excluding carboxylic acids is 1. The molecule has 0 saturated heterocycles. The maximum Gasteiger partial charge on any atom is 0.250 e. The lowest BCUT2D eigenvalue weighted by Crippen LogP contribution is -2.11. The fourth-order valence-corrected chi connectivity index (χ4v) is 2.98. The minimum atomic E-state index is -0.612. The molecule has 130 valence electrons. The number of primary amides is 1. The zero-order valence-corrected chi connectivity index (χ0v) is 14.7. The van der Waals surface area contributed by atoms with Crippen LogP contribution in [0, 0.1) is 6.92 Å². The van der Waals surface area contributed by atoms with Gasteiger partial charge < -0.3 is 10.5 Å². The Bertz CT molecular complexity index is 1190. The van der Waals surface area contributed by atoms with Gasteiger partial charge in [-0.15, -0.1) is 10.2 Å². The standard InChI is InChI=1S/C17H13ClN6O2/c1-8-15-23-22-12-5-6-13(26-2)21-17(12)24(15)16(20-8)9-3-4-11(18)10(7-9)14(19)25/h3-7H,1-2H3,(H2,19,25). The van der Waals surface area contributed by atoms with Crippen LogP contribution < -0.4 is 10.5 Å². The Labute approximate surface area is 152 Å². The van der Waals surface area contributed by atoms with Gasteiger partial charge in [0, 0.05) is 11.6 Å². The van der Waals surface area contributed by atoms with Crippen molar-refractivity contribution >= 4 is 34.3 Å². The number of hydrogen-bond donors (Lipinski definition) is 1. The molecule has 4 aromatic rings. The van der Waals surface area contributed by atoms with Crippen molar-refractivity contribution in [3.05, 3.63) is 46.6 Å². The third-order valence-electron chi connectivity index (χ3n) is 4.01. The number of aryl methyl sites for hydroxylation is 1. The lowest BCUT2D eigenvalue weighted by atomic mass is 10.1. The van der Waals surface area contributed by atoms with Crippen molar-refractivity contribution in [2.75, 3.05) is 7.11 Å². The van der Waals surface area contributed by atoms with E-state index in [1.807, 2.05) is 6.92 Å². The summed E-state index contributed by atoms with van der Waals surface area (Å²) in [5.74, 6) is 0.384. The molecule has 0 bridgehead atoms. The summed E-state index contributed by atoms with van der Waals surface area (Å²) in [6, 6.07) is 8.45. The van der Waals surface area contributed by atoms with Crippen molar-refractivity contribution < 1.29 is 9.53 Å². The summed E-state index contributed by atoms with van der Waals surface area (Å²) in [4.78, 5) is 20.7. The van der Waals surface area contributed by atoms with Gasteiger partial charge in [0.05, 0.1) is 23.4 Å². The van der Waals surface area contributed by atoms with Gasteiger partial charge in [-0.1, -0.05) is 11.6 Å². The van der Waals surface area contributed by atoms with E-state index >= 15 is 0 Å². The molecule has 0 saturated carbocycles. The molecular weight excluding hydrogens is 356 g/mol. The van der Waals surface area contributed by atoms with Gasteiger partial charge in [0.25, 0.3) is 0 Å². The maximum absolute atomic E-state index is 11.6. The number of aromatic nitrogens is 5. The number of nitrogens with zero attached hydrogens (tertiary/aromatic N) is 5. The average molecular weight is 369 g/mol. The van der Waals surface area contributed by atoms with Gasteiger partial charge in [0.2, 0.25) is 11.8 Å². The summed E-state index contributed by atoms with van der Waals surface area (Å²) < 4.78 is 6.99. The Balaban J connectivity index is 2.09. The van der Waals surface area contributed by atoms with E-state index in [2.05, 4.69) is 20.2 Å². The predicted octanol–water partition coefficient (Wildman–Crippen LogP) is 2.41. The number of pyridine rings is 1. The van der Waals surface area contributed by atoms with E-state index in [4.69, 9.17) is 22.1 Å². The molecule has 0 unspecified atom stereocenters. The number of carbonyl (C=O) groups is 1. The highest BCUT2D eigenvalue weighted by Crippen LogP contribution is 2.28. The molecule has 8 nitrogen and oxygen atoms in total. The van der Waals surface area contributed by atoms with E-state index in [1.165, 1.54) is 0 Å². The lowest BCUT2D eigenvalue weighted by molar-refractivity contribution is 0.100. The van der Waals surface area contributed by atoms with E-state index in [1.54, 1.807) is 41.8 Å². The Morgan fingerprint density at radius 2 is 1.96 bits per heavy atom. The molecule has 3 heterocycles. The Morgan fingerprint density at radius 3 is 2.69 bits per heavy atom. The SMILES string of the molecule is COc1ccc2nnc3c(C)nc(-c4ccc(Cl)c(C(N)=O)c4)n3c2n1. The fraction of sp³-hybridized carbons (Fsp3) is 0.118. The van der Waals surface area contributed by atoms with E-state index in [9.17, 15) is 4.79 Å². The van der Waals surface area contributed by atoms with Crippen molar-refractivity contribution in [3.63, 3.8) is 0 Å². The third kappa shape index (κ3) is 2.42. The van der Waals surface area contributed by atoms with E-state index < -0.39 is 5.91 Å². The Hall–Kier alpha value is -3.26. The number of rotatable bonds is 3. The molecule has 4 rings (SSSR count). The minimum Gasteiger partial charge on any atom is -0.481 e. The molecule has 26 heavy (non-hydrogen) atoms. The number of nitrogens with two attached hydrogens (primary N) is 1. The van der Waals surface area contributed by atoms with Crippen LogP contribution in [0.5, 0.6) is 5.88 Å². The van der Waals surface area contributed by atoms with Crippen LogP contribution in [0.15, 0.2) is 30.3 Å². The first-order valence-electron chi connectivity index (χ1n) is 7.66. The second kappa shape index (κ2) is 5.92. The number of ether oxygens (including phenoxy) is 1. The molecule has 0 aliphatic heterocycles. The second-order valence-corrected chi connectivity index (χ2v) is 6.04. The van der Waals surface area contributed by atoms with Crippen LogP contribution in [0.25, 0.3) is 28.2 Å². The number of amides is 1. The van der Waals surface area contributed by atoms with Crippen molar-refractivity contribution in [2.45, 2.75) is 6.92 Å². The summed E-state index contributed by atoms with van der Waals surface area (Å²) in [5, 5.41) is 8.71. The quantitative estimate of drug-likeness (QED) is 0.594. The van der Waals surface area contributed by atoms with Crippen LogP contribution in [0.2, 0.25) is 5.02 Å². The summed E-state index contributed by atoms with van der Waals surface area (Å²) in [6.45, 7) is 1.82. The fourth-order valence-electron chi connectivity index (χ4n) is 2.77. The lowest BCUT2D eigenvalue weighted by Gasteiger charge is -2.07. The maximum atomic E-state index is 11.6. The van der Waals surface area contributed by atoms with Crippen LogP contribution in [0.3, 0.4) is 0 Å². The van der Waals surface area contributed by atoms with Gasteiger partial charge in [0.15, 0.2) is 11.3 Å². The van der Waals surface area contributed by atoms with Gasteiger partial charge in [-0.25, -0.2) is 4.98 Å². The third-order valence-corrected chi connectivity index (χ3v) is 4.34. The number of methoxy groups -OCH3 is 1. The molecule has 0 fully saturated rings. The summed E-state index contributed by atoms with van der Waals surface area (Å²) >= 11 is 6.06. The first kappa shape index (κ1) is 16.2. The summed E-state index contributed by atoms with van der Waals surface area (Å²) in [6.07, 6.45) is 0. The largest absolute Gasteiger partial charge is 0.481 e. The molecule has 0 aliphatic rings. The molecule has 0 spiro atoms. The first-order valence-corrected chi connectivity index (χ1v) is 8.03. The zero-order valence-electron chi connectivity index (χ0n) is 13.9. The van der Waals surface area contributed by atoms with Crippen LogP contribution in [0.1, 0.15) is 16.1 Å². The average Bonchev–Trinajstić information content (AvgIpc) is 2.98. The molecule has 0 atom stereocenters. The number of benzene rings is 1. The predicted molar refractivity (Wildman–Crippen MR) is 96.3 cm³/mol. The Morgan fingerprint density at radius 1 is 1.15 bits per heavy atom. The molecule has 3 aromatic heterocycles. The topological polar surface area (TPSA) is 108 Å². The van der Waals surface area contributed by atoms with Crippen LogP contribution in [0.4, 0.5) is 0 Å². The van der Waals surface area contributed by atoms with Crippen molar-refractivity contribution in [3.8, 4) is 17.3 Å². The van der Waals surface area contributed by atoms with Gasteiger partial charge in [-0.3, -0.25) is 9.20 Å². The normalized spacial score (nSPS) is 11.2. The van der Waals surface area contributed by atoms with Crippen molar-refractivity contribution in [1.29, 1.82) is 0 Å². The summed E-state index contributed by atoms with van der Waals surface area (Å²) in [7, 11) is 1.54. The molecule has 2 N–H and O–H groups in total. The van der Waals surface area contributed by atoms with Gasteiger partial charge in [0.1, 0.15) is 11.3 Å². The van der Waals surface area contributed by atoms with Crippen molar-refractivity contribution in [1.82, 2.24) is 24.6 Å².